The van der Waals surface area contributed by atoms with Crippen LogP contribution in [0.4, 0.5) is 0 Å². The molecule has 0 unspecified atom stereocenters. The molecule has 1 fully saturated rings. The molecule has 0 aliphatic carbocycles. The first-order valence-corrected chi connectivity index (χ1v) is 5.68. The second-order valence-electron chi connectivity index (χ2n) is 3.93. The van der Waals surface area contributed by atoms with Gasteiger partial charge in [-0.25, -0.2) is 0 Å². The van der Waals surface area contributed by atoms with Crippen molar-refractivity contribution in [3.63, 3.8) is 0 Å². The molecule has 0 bridgehead atoms. The number of hydrogen-bond acceptors (Lipinski definition) is 3. The lowest BCUT2D eigenvalue weighted by atomic mass is 10.2. The van der Waals surface area contributed by atoms with E-state index in [0.29, 0.717) is 6.61 Å². The third kappa shape index (κ3) is 3.15. The van der Waals surface area contributed by atoms with Gasteiger partial charge in [0, 0.05) is 12.8 Å². The second-order valence-corrected chi connectivity index (χ2v) is 3.93. The van der Waals surface area contributed by atoms with Crippen LogP contribution >= 0.6 is 0 Å². The zero-order valence-electron chi connectivity index (χ0n) is 9.39. The lowest BCUT2D eigenvalue weighted by Gasteiger charge is -2.22. The highest BCUT2D eigenvalue weighted by Crippen LogP contribution is 2.16. The SMILES string of the molecule is C=C(CO[C@H]1CCCCO1)c1ccccn1. The van der Waals surface area contributed by atoms with Crippen molar-refractivity contribution in [2.75, 3.05) is 13.2 Å². The van der Waals surface area contributed by atoms with Crippen LogP contribution in [0.25, 0.3) is 5.57 Å². The summed E-state index contributed by atoms with van der Waals surface area (Å²) in [7, 11) is 0. The fourth-order valence-corrected chi connectivity index (χ4v) is 1.68. The van der Waals surface area contributed by atoms with E-state index in [2.05, 4.69) is 11.6 Å². The van der Waals surface area contributed by atoms with Gasteiger partial charge in [-0.15, -0.1) is 0 Å². The number of hydrogen-bond donors (Lipinski definition) is 0. The van der Waals surface area contributed by atoms with Crippen LogP contribution in [0.15, 0.2) is 31.0 Å². The highest BCUT2D eigenvalue weighted by molar-refractivity contribution is 5.60. The molecule has 1 aliphatic heterocycles. The maximum absolute atomic E-state index is 5.64. The van der Waals surface area contributed by atoms with Crippen LogP contribution in [0.3, 0.4) is 0 Å². The Bertz CT molecular complexity index is 331. The third-order valence-corrected chi connectivity index (χ3v) is 2.61. The summed E-state index contributed by atoms with van der Waals surface area (Å²) >= 11 is 0. The first-order chi connectivity index (χ1) is 7.86. The maximum atomic E-state index is 5.64. The molecule has 2 rings (SSSR count). The van der Waals surface area contributed by atoms with E-state index in [0.717, 1.165) is 30.7 Å². The van der Waals surface area contributed by atoms with Crippen molar-refractivity contribution < 1.29 is 9.47 Å². The Hall–Kier alpha value is -1.19. The zero-order valence-corrected chi connectivity index (χ0v) is 9.39. The third-order valence-electron chi connectivity index (χ3n) is 2.61. The molecule has 16 heavy (non-hydrogen) atoms. The molecular weight excluding hydrogens is 202 g/mol. The van der Waals surface area contributed by atoms with Crippen molar-refractivity contribution in [2.45, 2.75) is 25.6 Å². The van der Waals surface area contributed by atoms with Gasteiger partial charge in [0.05, 0.1) is 12.3 Å². The van der Waals surface area contributed by atoms with Crippen LogP contribution in [0.1, 0.15) is 25.0 Å². The zero-order chi connectivity index (χ0) is 11.2. The quantitative estimate of drug-likeness (QED) is 0.780. The van der Waals surface area contributed by atoms with Crippen LogP contribution in [0.2, 0.25) is 0 Å². The molecule has 1 aromatic rings. The Morgan fingerprint density at radius 1 is 1.50 bits per heavy atom. The van der Waals surface area contributed by atoms with E-state index in [-0.39, 0.29) is 6.29 Å². The minimum Gasteiger partial charge on any atom is -0.353 e. The minimum absolute atomic E-state index is 0.0609. The summed E-state index contributed by atoms with van der Waals surface area (Å²) in [6.45, 7) is 5.26. The first-order valence-electron chi connectivity index (χ1n) is 5.68. The molecule has 3 nitrogen and oxygen atoms in total. The van der Waals surface area contributed by atoms with E-state index in [4.69, 9.17) is 9.47 Å². The van der Waals surface area contributed by atoms with Gasteiger partial charge in [-0.1, -0.05) is 12.6 Å². The predicted octanol–water partition coefficient (Wildman–Crippen LogP) is 2.64. The molecule has 2 heterocycles. The van der Waals surface area contributed by atoms with Gasteiger partial charge in [-0.3, -0.25) is 4.98 Å². The molecule has 0 spiro atoms. The van der Waals surface area contributed by atoms with Gasteiger partial charge >= 0.3 is 0 Å². The molecule has 1 saturated heterocycles. The number of nitrogens with zero attached hydrogens (tertiary/aromatic N) is 1. The Kier molecular flexibility index (Phi) is 4.08. The lowest BCUT2D eigenvalue weighted by Crippen LogP contribution is -2.22. The topological polar surface area (TPSA) is 31.4 Å². The fourth-order valence-electron chi connectivity index (χ4n) is 1.68. The van der Waals surface area contributed by atoms with Crippen LogP contribution in [0, 0.1) is 0 Å². The van der Waals surface area contributed by atoms with Crippen LogP contribution in [-0.4, -0.2) is 24.5 Å². The monoisotopic (exact) mass is 219 g/mol. The summed E-state index contributed by atoms with van der Waals surface area (Å²) in [5.74, 6) is 0. The molecule has 3 heteroatoms. The lowest BCUT2D eigenvalue weighted by molar-refractivity contribution is -0.154. The summed E-state index contributed by atoms with van der Waals surface area (Å²) in [5, 5.41) is 0. The standard InChI is InChI=1S/C13H17NO2/c1-11(12-6-2-4-8-14-12)10-16-13-7-3-5-9-15-13/h2,4,6,8,13H,1,3,5,7,9-10H2/t13-/m0/s1. The van der Waals surface area contributed by atoms with E-state index in [1.54, 1.807) is 6.20 Å². The Morgan fingerprint density at radius 3 is 3.12 bits per heavy atom. The van der Waals surface area contributed by atoms with Crippen molar-refractivity contribution in [1.82, 2.24) is 4.98 Å². The highest BCUT2D eigenvalue weighted by atomic mass is 16.7. The molecule has 0 amide bonds. The summed E-state index contributed by atoms with van der Waals surface area (Å²) in [5.41, 5.74) is 1.79. The van der Waals surface area contributed by atoms with Gasteiger partial charge in [-0.05, 0) is 37.0 Å². The molecule has 86 valence electrons. The maximum Gasteiger partial charge on any atom is 0.158 e. The molecule has 1 aromatic heterocycles. The van der Waals surface area contributed by atoms with Crippen LogP contribution < -0.4 is 0 Å². The first kappa shape index (κ1) is 11.3. The number of rotatable bonds is 4. The predicted molar refractivity (Wildman–Crippen MR) is 62.8 cm³/mol. The van der Waals surface area contributed by atoms with E-state index in [1.807, 2.05) is 18.2 Å². The number of aromatic nitrogens is 1. The van der Waals surface area contributed by atoms with Crippen molar-refractivity contribution in [3.8, 4) is 0 Å². The molecule has 0 aromatic carbocycles. The Labute approximate surface area is 96.1 Å². The van der Waals surface area contributed by atoms with Gasteiger partial charge in [0.25, 0.3) is 0 Å². The summed E-state index contributed by atoms with van der Waals surface area (Å²) in [6.07, 6.45) is 5.00. The molecule has 1 atom stereocenters. The molecule has 0 saturated carbocycles. The molecule has 1 aliphatic rings. The van der Waals surface area contributed by atoms with Crippen LogP contribution in [0.5, 0.6) is 0 Å². The van der Waals surface area contributed by atoms with Gasteiger partial charge < -0.3 is 9.47 Å². The summed E-state index contributed by atoms with van der Waals surface area (Å²) in [4.78, 5) is 4.22. The van der Waals surface area contributed by atoms with Crippen molar-refractivity contribution in [3.05, 3.63) is 36.7 Å². The fraction of sp³-hybridized carbons (Fsp3) is 0.462. The molecule has 0 radical (unpaired) electrons. The molecular formula is C13H17NO2. The highest BCUT2D eigenvalue weighted by Gasteiger charge is 2.14. The van der Waals surface area contributed by atoms with Gasteiger partial charge in [0.2, 0.25) is 0 Å². The molecule has 0 N–H and O–H groups in total. The largest absolute Gasteiger partial charge is 0.353 e. The number of ether oxygens (including phenoxy) is 2. The van der Waals surface area contributed by atoms with E-state index < -0.39 is 0 Å². The average Bonchev–Trinajstić information content (AvgIpc) is 2.38. The smallest absolute Gasteiger partial charge is 0.158 e. The van der Waals surface area contributed by atoms with Gasteiger partial charge in [0.1, 0.15) is 0 Å². The van der Waals surface area contributed by atoms with Crippen molar-refractivity contribution in [2.24, 2.45) is 0 Å². The normalized spacial score (nSPS) is 20.6. The summed E-state index contributed by atoms with van der Waals surface area (Å²) < 4.78 is 11.1. The van der Waals surface area contributed by atoms with Crippen LogP contribution in [-0.2, 0) is 9.47 Å². The average molecular weight is 219 g/mol. The second kappa shape index (κ2) is 5.77. The minimum atomic E-state index is -0.0609. The Balaban J connectivity index is 1.79. The van der Waals surface area contributed by atoms with E-state index in [9.17, 15) is 0 Å². The van der Waals surface area contributed by atoms with Crippen molar-refractivity contribution >= 4 is 5.57 Å². The van der Waals surface area contributed by atoms with Gasteiger partial charge in [0.15, 0.2) is 6.29 Å². The van der Waals surface area contributed by atoms with Gasteiger partial charge in [-0.2, -0.15) is 0 Å². The van der Waals surface area contributed by atoms with E-state index >= 15 is 0 Å². The summed E-state index contributed by atoms with van der Waals surface area (Å²) in [6, 6.07) is 5.78. The van der Waals surface area contributed by atoms with E-state index in [1.165, 1.54) is 6.42 Å². The Morgan fingerprint density at radius 2 is 2.44 bits per heavy atom. The number of pyridine rings is 1. The van der Waals surface area contributed by atoms with Crippen molar-refractivity contribution in [1.29, 1.82) is 0 Å².